The SMILES string of the molecule is Cc1ccc(-n2c(C=O)c(-[n+]3ccccc3)[nH]c2=O)cc1. The normalized spacial score (nSPS) is 10.5. The highest BCUT2D eigenvalue weighted by molar-refractivity contribution is 5.77. The molecule has 0 radical (unpaired) electrons. The van der Waals surface area contributed by atoms with Gasteiger partial charge in [-0.05, 0) is 31.2 Å². The number of aromatic nitrogens is 3. The Kier molecular flexibility index (Phi) is 3.23. The van der Waals surface area contributed by atoms with Gasteiger partial charge in [0.05, 0.1) is 18.1 Å². The Bertz CT molecular complexity index is 830. The van der Waals surface area contributed by atoms with Crippen molar-refractivity contribution >= 4 is 6.29 Å². The largest absolute Gasteiger partial charge is 0.418 e. The Labute approximate surface area is 121 Å². The number of carbonyl (C=O) groups excluding carboxylic acids is 1. The molecule has 0 atom stereocenters. The minimum Gasteiger partial charge on any atom is -0.296 e. The second-order valence-electron chi connectivity index (χ2n) is 4.74. The number of pyridine rings is 1. The van der Waals surface area contributed by atoms with Crippen LogP contribution >= 0.6 is 0 Å². The third-order valence-electron chi connectivity index (χ3n) is 3.29. The Balaban J connectivity index is 2.23. The zero-order chi connectivity index (χ0) is 14.8. The number of benzene rings is 1. The van der Waals surface area contributed by atoms with Gasteiger partial charge in [0.15, 0.2) is 12.0 Å². The lowest BCUT2D eigenvalue weighted by atomic mass is 10.2. The molecule has 0 fully saturated rings. The third kappa shape index (κ3) is 2.29. The molecule has 21 heavy (non-hydrogen) atoms. The number of rotatable bonds is 3. The van der Waals surface area contributed by atoms with Gasteiger partial charge >= 0.3 is 11.5 Å². The fraction of sp³-hybridized carbons (Fsp3) is 0.0625. The maximum absolute atomic E-state index is 12.2. The molecule has 0 aliphatic carbocycles. The van der Waals surface area contributed by atoms with E-state index in [2.05, 4.69) is 4.98 Å². The van der Waals surface area contributed by atoms with Crippen LogP contribution in [0.3, 0.4) is 0 Å². The van der Waals surface area contributed by atoms with Crippen molar-refractivity contribution in [2.24, 2.45) is 0 Å². The number of carbonyl (C=O) groups is 1. The van der Waals surface area contributed by atoms with Gasteiger partial charge in [0, 0.05) is 0 Å². The van der Waals surface area contributed by atoms with E-state index in [0.717, 1.165) is 5.56 Å². The van der Waals surface area contributed by atoms with Crippen molar-refractivity contribution in [2.45, 2.75) is 6.92 Å². The number of hydrogen-bond acceptors (Lipinski definition) is 2. The molecule has 0 amide bonds. The highest BCUT2D eigenvalue weighted by atomic mass is 16.1. The van der Waals surface area contributed by atoms with E-state index >= 15 is 0 Å². The minimum absolute atomic E-state index is 0.292. The number of imidazole rings is 1. The Morgan fingerprint density at radius 2 is 1.76 bits per heavy atom. The first-order chi connectivity index (χ1) is 10.2. The Morgan fingerprint density at radius 3 is 2.38 bits per heavy atom. The molecule has 104 valence electrons. The van der Waals surface area contributed by atoms with E-state index in [0.29, 0.717) is 23.5 Å². The van der Waals surface area contributed by atoms with Gasteiger partial charge in [-0.2, -0.15) is 4.98 Å². The average molecular weight is 280 g/mol. The van der Waals surface area contributed by atoms with E-state index in [-0.39, 0.29) is 5.69 Å². The zero-order valence-electron chi connectivity index (χ0n) is 11.5. The van der Waals surface area contributed by atoms with Gasteiger partial charge in [0.1, 0.15) is 0 Å². The standard InChI is InChI=1S/C16H13N3O2/c1-12-5-7-13(8-6-12)19-14(11-20)15(17-16(19)21)18-9-3-2-4-10-18/h2-11H,1H3/p+1. The molecule has 3 rings (SSSR count). The fourth-order valence-corrected chi connectivity index (χ4v) is 2.24. The molecule has 0 saturated heterocycles. The molecular weight excluding hydrogens is 266 g/mol. The number of H-pyrrole nitrogens is 1. The molecule has 1 N–H and O–H groups in total. The van der Waals surface area contributed by atoms with Gasteiger partial charge in [-0.1, -0.05) is 23.8 Å². The Morgan fingerprint density at radius 1 is 1.10 bits per heavy atom. The fourth-order valence-electron chi connectivity index (χ4n) is 2.24. The summed E-state index contributed by atoms with van der Waals surface area (Å²) in [5.41, 5.74) is 1.70. The molecule has 0 aliphatic rings. The van der Waals surface area contributed by atoms with Crippen LogP contribution in [0.2, 0.25) is 0 Å². The van der Waals surface area contributed by atoms with Crippen LogP contribution in [0.25, 0.3) is 11.5 Å². The quantitative estimate of drug-likeness (QED) is 0.584. The molecule has 3 aromatic rings. The summed E-state index contributed by atoms with van der Waals surface area (Å²) in [6.07, 6.45) is 4.24. The molecule has 0 saturated carbocycles. The van der Waals surface area contributed by atoms with E-state index < -0.39 is 0 Å². The third-order valence-corrected chi connectivity index (χ3v) is 3.29. The van der Waals surface area contributed by atoms with Crippen molar-refractivity contribution in [3.8, 4) is 11.5 Å². The summed E-state index contributed by atoms with van der Waals surface area (Å²) >= 11 is 0. The predicted octanol–water partition coefficient (Wildman–Crippen LogP) is 1.56. The average Bonchev–Trinajstić information content (AvgIpc) is 2.85. The van der Waals surface area contributed by atoms with Crippen molar-refractivity contribution in [3.05, 3.63) is 76.6 Å². The highest BCUT2D eigenvalue weighted by Gasteiger charge is 2.22. The maximum atomic E-state index is 12.2. The molecule has 2 heterocycles. The first kappa shape index (κ1) is 13.1. The van der Waals surface area contributed by atoms with Crippen LogP contribution in [0.4, 0.5) is 0 Å². The molecule has 0 spiro atoms. The number of nitrogens with one attached hydrogen (secondary N) is 1. The van der Waals surface area contributed by atoms with E-state index in [1.54, 1.807) is 17.0 Å². The van der Waals surface area contributed by atoms with E-state index in [1.807, 2.05) is 49.4 Å². The lowest BCUT2D eigenvalue weighted by molar-refractivity contribution is -0.599. The first-order valence-electron chi connectivity index (χ1n) is 6.54. The van der Waals surface area contributed by atoms with E-state index in [4.69, 9.17) is 0 Å². The molecule has 0 bridgehead atoms. The topological polar surface area (TPSA) is 58.7 Å². The van der Waals surface area contributed by atoms with Crippen molar-refractivity contribution in [3.63, 3.8) is 0 Å². The monoisotopic (exact) mass is 280 g/mol. The highest BCUT2D eigenvalue weighted by Crippen LogP contribution is 2.11. The summed E-state index contributed by atoms with van der Waals surface area (Å²) in [6, 6.07) is 13.0. The minimum atomic E-state index is -0.340. The van der Waals surface area contributed by atoms with Crippen LogP contribution in [-0.2, 0) is 0 Å². The summed E-state index contributed by atoms with van der Waals surface area (Å²) in [6.45, 7) is 1.97. The zero-order valence-corrected chi connectivity index (χ0v) is 11.5. The van der Waals surface area contributed by atoms with Crippen LogP contribution in [0.15, 0.2) is 59.7 Å². The smallest absolute Gasteiger partial charge is 0.296 e. The molecule has 5 heteroatoms. The molecule has 2 aromatic heterocycles. The van der Waals surface area contributed by atoms with E-state index in [1.165, 1.54) is 4.57 Å². The van der Waals surface area contributed by atoms with Gasteiger partial charge in [0.25, 0.3) is 0 Å². The summed E-state index contributed by atoms with van der Waals surface area (Å²) in [7, 11) is 0. The molecular formula is C16H14N3O2+. The lowest BCUT2D eigenvalue weighted by Gasteiger charge is -2.02. The Hall–Kier alpha value is -2.95. The first-order valence-corrected chi connectivity index (χ1v) is 6.54. The van der Waals surface area contributed by atoms with Crippen molar-refractivity contribution < 1.29 is 9.36 Å². The summed E-state index contributed by atoms with van der Waals surface area (Å²) in [4.78, 5) is 26.4. The molecule has 5 nitrogen and oxygen atoms in total. The van der Waals surface area contributed by atoms with Gasteiger partial charge in [-0.25, -0.2) is 13.9 Å². The lowest BCUT2D eigenvalue weighted by Crippen LogP contribution is -2.31. The second-order valence-corrected chi connectivity index (χ2v) is 4.74. The second kappa shape index (κ2) is 5.20. The van der Waals surface area contributed by atoms with Gasteiger partial charge in [0.2, 0.25) is 0 Å². The summed E-state index contributed by atoms with van der Waals surface area (Å²) in [5, 5.41) is 0. The molecule has 0 aliphatic heterocycles. The maximum Gasteiger partial charge on any atom is 0.418 e. The van der Waals surface area contributed by atoms with Gasteiger partial charge < -0.3 is 0 Å². The van der Waals surface area contributed by atoms with Crippen molar-refractivity contribution in [1.82, 2.24) is 9.55 Å². The number of hydrogen-bond donors (Lipinski definition) is 1. The van der Waals surface area contributed by atoms with E-state index in [9.17, 15) is 9.59 Å². The molecule has 0 unspecified atom stereocenters. The summed E-state index contributed by atoms with van der Waals surface area (Å²) < 4.78 is 3.08. The van der Waals surface area contributed by atoms with Crippen molar-refractivity contribution in [1.29, 1.82) is 0 Å². The van der Waals surface area contributed by atoms with Gasteiger partial charge in [-0.3, -0.25) is 4.79 Å². The summed E-state index contributed by atoms with van der Waals surface area (Å²) in [5.74, 6) is 0.455. The number of nitrogens with zero attached hydrogens (tertiary/aromatic N) is 2. The number of aryl methyl sites for hydroxylation is 1. The van der Waals surface area contributed by atoms with Crippen molar-refractivity contribution in [2.75, 3.05) is 0 Å². The van der Waals surface area contributed by atoms with Gasteiger partial charge in [-0.15, -0.1) is 0 Å². The van der Waals surface area contributed by atoms with Crippen LogP contribution in [-0.4, -0.2) is 15.8 Å². The van der Waals surface area contributed by atoms with Crippen LogP contribution in [0, 0.1) is 6.92 Å². The molecule has 1 aromatic carbocycles. The number of aldehydes is 1. The predicted molar refractivity (Wildman–Crippen MR) is 78.0 cm³/mol. The van der Waals surface area contributed by atoms with Crippen LogP contribution < -0.4 is 10.3 Å². The number of aromatic amines is 1. The van der Waals surface area contributed by atoms with Crippen LogP contribution in [0.1, 0.15) is 16.1 Å². The van der Waals surface area contributed by atoms with Crippen LogP contribution in [0.5, 0.6) is 0 Å².